The third kappa shape index (κ3) is 6.18. The molecule has 1 atom stereocenters. The number of nitrogens with zero attached hydrogens (tertiary/aromatic N) is 2. The molecule has 8 nitrogen and oxygen atoms in total. The molecule has 0 fully saturated rings. The maximum atomic E-state index is 13.9. The Morgan fingerprint density at radius 1 is 1.05 bits per heavy atom. The fourth-order valence-electron chi connectivity index (χ4n) is 4.45. The highest BCUT2D eigenvalue weighted by molar-refractivity contribution is 9.10. The highest BCUT2D eigenvalue weighted by Gasteiger charge is 2.33. The van der Waals surface area contributed by atoms with Crippen molar-refractivity contribution in [3.8, 4) is 17.2 Å². The number of carbonyl (C=O) groups is 1. The van der Waals surface area contributed by atoms with E-state index in [0.29, 0.717) is 57.7 Å². The van der Waals surface area contributed by atoms with Gasteiger partial charge >= 0.3 is 5.97 Å². The molecule has 0 unspecified atom stereocenters. The lowest BCUT2D eigenvalue weighted by Gasteiger charge is -2.24. The summed E-state index contributed by atoms with van der Waals surface area (Å²) < 4.78 is 25.5. The Bertz CT molecular complexity index is 1590. The van der Waals surface area contributed by atoms with Crippen molar-refractivity contribution in [2.75, 3.05) is 26.4 Å². The predicted octanol–water partition coefficient (Wildman–Crippen LogP) is 5.15. The first-order chi connectivity index (χ1) is 19.3. The summed E-state index contributed by atoms with van der Waals surface area (Å²) in [6.45, 7) is 11.2. The molecule has 0 saturated carbocycles. The Labute approximate surface area is 245 Å². The molecule has 3 aromatic rings. The fourth-order valence-corrected chi connectivity index (χ4v) is 6.07. The van der Waals surface area contributed by atoms with Gasteiger partial charge in [0.15, 0.2) is 16.3 Å². The van der Waals surface area contributed by atoms with Crippen molar-refractivity contribution in [3.63, 3.8) is 0 Å². The molecule has 2 heterocycles. The summed E-state index contributed by atoms with van der Waals surface area (Å²) in [5.74, 6) is 1.44. The standard InChI is InChI=1S/C30H33BrN2O6S/c1-6-14-39-27-22(31)15-19(16-23(27)37-8-3)17-24-28(34)33-26(20-10-12-21(13-11-20)36-7-2)25(29(35)38-9-4)18(5)32-30(33)40-24/h10-13,15-17,26H,6-9,14H2,1-5H3/b24-17+/t26-/m1/s1. The first kappa shape index (κ1) is 29.6. The number of fused-ring (bicyclic) bond motifs is 1. The molecule has 4 rings (SSSR count). The van der Waals surface area contributed by atoms with Crippen LogP contribution in [0.5, 0.6) is 17.2 Å². The van der Waals surface area contributed by atoms with Crippen LogP contribution in [0.25, 0.3) is 6.08 Å². The van der Waals surface area contributed by atoms with Crippen molar-refractivity contribution in [1.29, 1.82) is 0 Å². The quantitative estimate of drug-likeness (QED) is 0.273. The third-order valence-electron chi connectivity index (χ3n) is 6.10. The third-order valence-corrected chi connectivity index (χ3v) is 7.68. The Morgan fingerprint density at radius 3 is 2.42 bits per heavy atom. The van der Waals surface area contributed by atoms with Crippen molar-refractivity contribution < 1.29 is 23.7 Å². The van der Waals surface area contributed by atoms with Gasteiger partial charge in [-0.2, -0.15) is 0 Å². The number of thiazole rings is 1. The fraction of sp³-hybridized carbons (Fsp3) is 0.367. The number of carbonyl (C=O) groups excluding carboxylic acids is 1. The van der Waals surface area contributed by atoms with E-state index in [1.165, 1.54) is 11.3 Å². The van der Waals surface area contributed by atoms with Crippen LogP contribution >= 0.6 is 27.3 Å². The van der Waals surface area contributed by atoms with Crippen LogP contribution in [0.4, 0.5) is 0 Å². The largest absolute Gasteiger partial charge is 0.494 e. The summed E-state index contributed by atoms with van der Waals surface area (Å²) in [5, 5.41) is 0. The Morgan fingerprint density at radius 2 is 1.77 bits per heavy atom. The number of esters is 1. The minimum Gasteiger partial charge on any atom is -0.494 e. The van der Waals surface area contributed by atoms with Crippen molar-refractivity contribution >= 4 is 39.3 Å². The predicted molar refractivity (Wildman–Crippen MR) is 159 cm³/mol. The van der Waals surface area contributed by atoms with E-state index in [1.807, 2.05) is 57.2 Å². The van der Waals surface area contributed by atoms with Crippen LogP contribution in [0.15, 0.2) is 61.9 Å². The zero-order chi connectivity index (χ0) is 28.8. The van der Waals surface area contributed by atoms with E-state index in [9.17, 15) is 9.59 Å². The second-order valence-corrected chi connectivity index (χ2v) is 10.8. The molecule has 0 N–H and O–H groups in total. The second-order valence-electron chi connectivity index (χ2n) is 8.92. The Kier molecular flexibility index (Phi) is 9.86. The maximum absolute atomic E-state index is 13.9. The van der Waals surface area contributed by atoms with Gasteiger partial charge in [0.2, 0.25) is 0 Å². The van der Waals surface area contributed by atoms with Crippen LogP contribution in [0.1, 0.15) is 58.2 Å². The smallest absolute Gasteiger partial charge is 0.338 e. The molecule has 1 aromatic heterocycles. The SMILES string of the molecule is CCCOc1c(Br)cc(/C=c2/sc3n(c2=O)[C@H](c2ccc(OCC)cc2)C(C(=O)OCC)=C(C)N=3)cc1OCC. The average molecular weight is 630 g/mol. The Hall–Kier alpha value is -3.37. The molecular formula is C30H33BrN2O6S. The van der Waals surface area contributed by atoms with Crippen molar-refractivity contribution in [3.05, 3.63) is 83.0 Å². The van der Waals surface area contributed by atoms with Crippen LogP contribution in [0, 0.1) is 0 Å². The van der Waals surface area contributed by atoms with Crippen LogP contribution in [-0.2, 0) is 9.53 Å². The van der Waals surface area contributed by atoms with Crippen molar-refractivity contribution in [2.45, 2.75) is 47.1 Å². The molecule has 0 radical (unpaired) electrons. The van der Waals surface area contributed by atoms with Gasteiger partial charge in [-0.1, -0.05) is 30.4 Å². The normalized spacial score (nSPS) is 14.9. The number of hydrogen-bond acceptors (Lipinski definition) is 8. The van der Waals surface area contributed by atoms with Crippen LogP contribution in [-0.4, -0.2) is 37.0 Å². The van der Waals surface area contributed by atoms with Crippen LogP contribution < -0.4 is 29.1 Å². The number of aromatic nitrogens is 1. The molecule has 2 aromatic carbocycles. The molecule has 0 saturated heterocycles. The van der Waals surface area contributed by atoms with E-state index in [1.54, 1.807) is 24.5 Å². The van der Waals surface area contributed by atoms with Gasteiger partial charge in [-0.3, -0.25) is 9.36 Å². The summed E-state index contributed by atoms with van der Waals surface area (Å²) in [4.78, 5) is 32.2. The summed E-state index contributed by atoms with van der Waals surface area (Å²) in [5.41, 5.74) is 2.13. The van der Waals surface area contributed by atoms with E-state index < -0.39 is 12.0 Å². The summed E-state index contributed by atoms with van der Waals surface area (Å²) in [6, 6.07) is 10.5. The lowest BCUT2D eigenvalue weighted by Crippen LogP contribution is -2.39. The zero-order valence-corrected chi connectivity index (χ0v) is 25.7. The lowest BCUT2D eigenvalue weighted by atomic mass is 9.96. The minimum absolute atomic E-state index is 0.213. The molecular weight excluding hydrogens is 596 g/mol. The van der Waals surface area contributed by atoms with Crippen LogP contribution in [0.3, 0.4) is 0 Å². The van der Waals surface area contributed by atoms with Gasteiger partial charge in [0, 0.05) is 0 Å². The Balaban J connectivity index is 1.87. The monoisotopic (exact) mass is 628 g/mol. The number of rotatable bonds is 11. The molecule has 0 aliphatic carbocycles. The molecule has 40 heavy (non-hydrogen) atoms. The molecule has 0 bridgehead atoms. The molecule has 0 amide bonds. The first-order valence-corrected chi connectivity index (χ1v) is 14.9. The second kappa shape index (κ2) is 13.3. The lowest BCUT2D eigenvalue weighted by molar-refractivity contribution is -0.139. The summed E-state index contributed by atoms with van der Waals surface area (Å²) in [6.07, 6.45) is 2.67. The van der Waals surface area contributed by atoms with Gasteiger partial charge in [0.05, 0.1) is 52.7 Å². The molecule has 0 spiro atoms. The van der Waals surface area contributed by atoms with E-state index in [-0.39, 0.29) is 12.2 Å². The molecule has 212 valence electrons. The maximum Gasteiger partial charge on any atom is 0.338 e. The number of halogens is 1. The van der Waals surface area contributed by atoms with E-state index >= 15 is 0 Å². The van der Waals surface area contributed by atoms with Gasteiger partial charge in [0.1, 0.15) is 5.75 Å². The zero-order valence-electron chi connectivity index (χ0n) is 23.3. The van der Waals surface area contributed by atoms with Gasteiger partial charge in [-0.25, -0.2) is 9.79 Å². The molecule has 1 aliphatic heterocycles. The topological polar surface area (TPSA) is 88.4 Å². The summed E-state index contributed by atoms with van der Waals surface area (Å²) in [7, 11) is 0. The average Bonchev–Trinajstić information content (AvgIpc) is 3.22. The van der Waals surface area contributed by atoms with Gasteiger partial charge < -0.3 is 18.9 Å². The number of ether oxygens (including phenoxy) is 4. The molecule has 1 aliphatic rings. The van der Waals surface area contributed by atoms with Gasteiger partial charge in [0.25, 0.3) is 5.56 Å². The van der Waals surface area contributed by atoms with E-state index in [4.69, 9.17) is 18.9 Å². The van der Waals surface area contributed by atoms with Crippen molar-refractivity contribution in [1.82, 2.24) is 4.57 Å². The first-order valence-electron chi connectivity index (χ1n) is 13.3. The van der Waals surface area contributed by atoms with E-state index in [0.717, 1.165) is 22.0 Å². The summed E-state index contributed by atoms with van der Waals surface area (Å²) >= 11 is 4.87. The minimum atomic E-state index is -0.691. The number of benzene rings is 2. The van der Waals surface area contributed by atoms with E-state index in [2.05, 4.69) is 20.9 Å². The number of allylic oxidation sites excluding steroid dienone is 1. The van der Waals surface area contributed by atoms with Gasteiger partial charge in [-0.15, -0.1) is 0 Å². The van der Waals surface area contributed by atoms with Crippen molar-refractivity contribution in [2.24, 2.45) is 4.99 Å². The highest BCUT2D eigenvalue weighted by Crippen LogP contribution is 2.37. The van der Waals surface area contributed by atoms with Gasteiger partial charge in [-0.05, 0) is 91.5 Å². The highest BCUT2D eigenvalue weighted by atomic mass is 79.9. The van der Waals surface area contributed by atoms with Crippen LogP contribution in [0.2, 0.25) is 0 Å². The molecule has 10 heteroatoms. The number of hydrogen-bond donors (Lipinski definition) is 0.